The van der Waals surface area contributed by atoms with Crippen molar-refractivity contribution in [3.63, 3.8) is 0 Å². The van der Waals surface area contributed by atoms with Crippen molar-refractivity contribution in [2.75, 3.05) is 11.4 Å². The molecule has 0 atom stereocenters. The number of nitrogens with zero attached hydrogens (tertiary/aromatic N) is 3. The highest BCUT2D eigenvalue weighted by Gasteiger charge is 2.26. The fourth-order valence-electron chi connectivity index (χ4n) is 3.70. The van der Waals surface area contributed by atoms with E-state index in [4.69, 9.17) is 4.98 Å². The maximum Gasteiger partial charge on any atom is 0.115 e. The van der Waals surface area contributed by atoms with Gasteiger partial charge in [0.1, 0.15) is 5.82 Å². The van der Waals surface area contributed by atoms with Crippen molar-refractivity contribution in [1.82, 2.24) is 9.55 Å². The first-order valence-corrected chi connectivity index (χ1v) is 10.7. The quantitative estimate of drug-likeness (QED) is 0.487. The van der Waals surface area contributed by atoms with Crippen LogP contribution in [0.15, 0.2) is 53.4 Å². The normalized spacial score (nSPS) is 15.1. The molecule has 1 heterocycles. The second kappa shape index (κ2) is 7.23. The van der Waals surface area contributed by atoms with Gasteiger partial charge in [0, 0.05) is 29.6 Å². The van der Waals surface area contributed by atoms with E-state index in [2.05, 4.69) is 85.2 Å². The van der Waals surface area contributed by atoms with E-state index < -0.39 is 0 Å². The first-order chi connectivity index (χ1) is 12.9. The molecule has 1 fully saturated rings. The maximum atomic E-state index is 5.07. The summed E-state index contributed by atoms with van der Waals surface area (Å²) in [6.45, 7) is 7.91. The molecule has 1 saturated carbocycles. The zero-order valence-electron chi connectivity index (χ0n) is 16.8. The van der Waals surface area contributed by atoms with Crippen LogP contribution in [0.2, 0.25) is 0 Å². The second-order valence-corrected chi connectivity index (χ2v) is 9.87. The summed E-state index contributed by atoms with van der Waals surface area (Å²) in [6, 6.07) is 17.2. The Labute approximate surface area is 166 Å². The van der Waals surface area contributed by atoms with Crippen LogP contribution in [-0.4, -0.2) is 16.6 Å². The molecule has 0 N–H and O–H groups in total. The van der Waals surface area contributed by atoms with Gasteiger partial charge in [-0.1, -0.05) is 45.4 Å². The third-order valence-corrected chi connectivity index (χ3v) is 6.38. The molecule has 4 rings (SSSR count). The molecule has 0 unspecified atom stereocenters. The Bertz CT molecular complexity index is 920. The lowest BCUT2D eigenvalue weighted by atomic mass is 9.85. The van der Waals surface area contributed by atoms with Gasteiger partial charge < -0.3 is 8.87 Å². The van der Waals surface area contributed by atoms with E-state index >= 15 is 0 Å². The molecule has 3 aromatic rings. The van der Waals surface area contributed by atoms with Crippen LogP contribution in [0.5, 0.6) is 0 Å². The molecular formula is C23H29N3S. The highest BCUT2D eigenvalue weighted by Crippen LogP contribution is 2.35. The van der Waals surface area contributed by atoms with Crippen molar-refractivity contribution in [2.45, 2.75) is 56.9 Å². The number of anilines is 1. The average Bonchev–Trinajstić information content (AvgIpc) is 2.97. The van der Waals surface area contributed by atoms with Crippen molar-refractivity contribution in [2.24, 2.45) is 5.92 Å². The fourth-order valence-corrected chi connectivity index (χ4v) is 4.51. The molecular weight excluding hydrogens is 350 g/mol. The summed E-state index contributed by atoms with van der Waals surface area (Å²) >= 11 is 1.74. The number of imidazole rings is 1. The summed E-state index contributed by atoms with van der Waals surface area (Å²) in [6.07, 6.45) is 4.10. The maximum absolute atomic E-state index is 5.07. The first-order valence-electron chi connectivity index (χ1n) is 9.89. The molecule has 1 aliphatic carbocycles. The molecule has 2 aromatic carbocycles. The molecule has 27 heavy (non-hydrogen) atoms. The van der Waals surface area contributed by atoms with Crippen molar-refractivity contribution >= 4 is 28.7 Å². The van der Waals surface area contributed by atoms with Crippen LogP contribution in [0, 0.1) is 5.92 Å². The Kier molecular flexibility index (Phi) is 4.94. The van der Waals surface area contributed by atoms with E-state index in [1.54, 1.807) is 11.9 Å². The van der Waals surface area contributed by atoms with E-state index in [0.29, 0.717) is 0 Å². The van der Waals surface area contributed by atoms with Gasteiger partial charge in [0.15, 0.2) is 0 Å². The van der Waals surface area contributed by atoms with E-state index in [-0.39, 0.29) is 5.41 Å². The number of hydrogen-bond acceptors (Lipinski definition) is 3. The van der Waals surface area contributed by atoms with Crippen LogP contribution in [0.25, 0.3) is 11.0 Å². The van der Waals surface area contributed by atoms with Crippen LogP contribution in [0.4, 0.5) is 5.69 Å². The lowest BCUT2D eigenvalue weighted by molar-refractivity contribution is 0.272. The largest absolute Gasteiger partial charge is 0.327 e. The van der Waals surface area contributed by atoms with Crippen LogP contribution < -0.4 is 4.31 Å². The van der Waals surface area contributed by atoms with Crippen LogP contribution >= 0.6 is 11.9 Å². The molecule has 142 valence electrons. The third kappa shape index (κ3) is 3.86. The van der Waals surface area contributed by atoms with Crippen molar-refractivity contribution in [3.8, 4) is 0 Å². The minimum Gasteiger partial charge on any atom is -0.327 e. The molecule has 4 heteroatoms. The molecule has 0 bridgehead atoms. The third-order valence-electron chi connectivity index (χ3n) is 5.42. The number of fused-ring (bicyclic) bond motifs is 1. The molecule has 3 nitrogen and oxygen atoms in total. The number of hydrogen-bond donors (Lipinski definition) is 0. The predicted octanol–water partition coefficient (Wildman–Crippen LogP) is 6.28. The van der Waals surface area contributed by atoms with Gasteiger partial charge in [0.2, 0.25) is 0 Å². The van der Waals surface area contributed by atoms with Gasteiger partial charge in [-0.2, -0.15) is 0 Å². The zero-order chi connectivity index (χ0) is 19.0. The minimum absolute atomic E-state index is 0.0492. The number of benzene rings is 2. The van der Waals surface area contributed by atoms with Gasteiger partial charge in [0.05, 0.1) is 11.0 Å². The molecule has 0 radical (unpaired) electrons. The average molecular weight is 380 g/mol. The summed E-state index contributed by atoms with van der Waals surface area (Å²) < 4.78 is 4.70. The topological polar surface area (TPSA) is 21.1 Å². The smallest absolute Gasteiger partial charge is 0.115 e. The Morgan fingerprint density at radius 1 is 1.11 bits per heavy atom. The van der Waals surface area contributed by atoms with Crippen LogP contribution in [0.3, 0.4) is 0 Å². The summed E-state index contributed by atoms with van der Waals surface area (Å²) in [4.78, 5) is 6.31. The lowest BCUT2D eigenvalue weighted by Gasteiger charge is -2.29. The number of aromatic nitrogens is 2. The molecule has 1 aliphatic rings. The van der Waals surface area contributed by atoms with E-state index in [1.165, 1.54) is 41.2 Å². The summed E-state index contributed by atoms with van der Waals surface area (Å²) in [5.41, 5.74) is 3.62. The molecule has 0 aliphatic heterocycles. The second-order valence-electron chi connectivity index (χ2n) is 8.67. The molecule has 0 saturated heterocycles. The Morgan fingerprint density at radius 3 is 2.48 bits per heavy atom. The summed E-state index contributed by atoms with van der Waals surface area (Å²) in [5.74, 6) is 2.03. The van der Waals surface area contributed by atoms with E-state index in [0.717, 1.165) is 18.0 Å². The summed E-state index contributed by atoms with van der Waals surface area (Å²) in [7, 11) is 2.12. The Balaban J connectivity index is 1.67. The highest BCUT2D eigenvalue weighted by atomic mass is 32.2. The van der Waals surface area contributed by atoms with Crippen LogP contribution in [-0.2, 0) is 12.0 Å². The predicted molar refractivity (Wildman–Crippen MR) is 116 cm³/mol. The highest BCUT2D eigenvalue weighted by molar-refractivity contribution is 8.00. The van der Waals surface area contributed by atoms with E-state index in [1.807, 2.05) is 0 Å². The first kappa shape index (κ1) is 18.4. The van der Waals surface area contributed by atoms with E-state index in [9.17, 15) is 0 Å². The van der Waals surface area contributed by atoms with Gasteiger partial charge >= 0.3 is 0 Å². The SMILES string of the molecule is CN(Sc1ccccc1)c1ccc2c(c1)nc(C(C)(C)C)n2CC1CCC1. The van der Waals surface area contributed by atoms with Crippen molar-refractivity contribution in [3.05, 3.63) is 54.4 Å². The Morgan fingerprint density at radius 2 is 1.85 bits per heavy atom. The van der Waals surface area contributed by atoms with Gasteiger partial charge in [-0.3, -0.25) is 0 Å². The van der Waals surface area contributed by atoms with Crippen LogP contribution in [0.1, 0.15) is 45.9 Å². The van der Waals surface area contributed by atoms with Gasteiger partial charge in [-0.05, 0) is 61.0 Å². The Hall–Kier alpha value is -1.94. The molecule has 1 aromatic heterocycles. The standard InChI is InChI=1S/C23H29N3S/c1-23(2,3)22-24-20-15-18(25(4)27-19-11-6-5-7-12-19)13-14-21(20)26(22)16-17-9-8-10-17/h5-7,11-15,17H,8-10,16H2,1-4H3. The molecule has 0 spiro atoms. The van der Waals surface area contributed by atoms with Crippen molar-refractivity contribution < 1.29 is 0 Å². The van der Waals surface area contributed by atoms with Crippen molar-refractivity contribution in [1.29, 1.82) is 0 Å². The monoisotopic (exact) mass is 379 g/mol. The minimum atomic E-state index is 0.0492. The van der Waals surface area contributed by atoms with Gasteiger partial charge in [-0.25, -0.2) is 4.98 Å². The summed E-state index contributed by atoms with van der Waals surface area (Å²) in [5, 5.41) is 0. The zero-order valence-corrected chi connectivity index (χ0v) is 17.6. The number of rotatable bonds is 5. The lowest BCUT2D eigenvalue weighted by Crippen LogP contribution is -2.24. The van der Waals surface area contributed by atoms with Gasteiger partial charge in [0.25, 0.3) is 0 Å². The fraction of sp³-hybridized carbons (Fsp3) is 0.435. The molecule has 0 amide bonds. The van der Waals surface area contributed by atoms with Gasteiger partial charge in [-0.15, -0.1) is 0 Å².